The third-order valence-electron chi connectivity index (χ3n) is 5.91. The maximum atomic E-state index is 13.0. The smallest absolute Gasteiger partial charge is 0.416 e. The maximum Gasteiger partial charge on any atom is 0.416 e. The van der Waals surface area contributed by atoms with Gasteiger partial charge in [-0.25, -0.2) is 4.79 Å². The van der Waals surface area contributed by atoms with Crippen molar-refractivity contribution in [2.45, 2.75) is 54.7 Å². The van der Waals surface area contributed by atoms with Crippen LogP contribution in [0.25, 0.3) is 11.3 Å². The van der Waals surface area contributed by atoms with Gasteiger partial charge in [0.15, 0.2) is 6.10 Å². The van der Waals surface area contributed by atoms with E-state index in [0.717, 1.165) is 39.7 Å². The van der Waals surface area contributed by atoms with E-state index in [4.69, 9.17) is 13.6 Å². The lowest BCUT2D eigenvalue weighted by molar-refractivity contribution is -0.145. The molecule has 1 unspecified atom stereocenters. The van der Waals surface area contributed by atoms with Crippen LogP contribution in [0.4, 0.5) is 13.2 Å². The van der Waals surface area contributed by atoms with E-state index in [2.05, 4.69) is 0 Å². The summed E-state index contributed by atoms with van der Waals surface area (Å²) in [5.41, 5.74) is 1.63. The zero-order chi connectivity index (χ0) is 28.0. The Hall–Kier alpha value is -3.24. The largest absolute Gasteiger partial charge is 0.479 e. The quantitative estimate of drug-likeness (QED) is 0.169. The number of carbonyl (C=O) groups is 1. The van der Waals surface area contributed by atoms with Crippen molar-refractivity contribution in [3.05, 3.63) is 95.1 Å². The van der Waals surface area contributed by atoms with Crippen LogP contribution in [0.3, 0.4) is 0 Å². The number of hydrogen-bond acceptors (Lipinski definition) is 6. The van der Waals surface area contributed by atoms with Gasteiger partial charge in [-0.1, -0.05) is 19.1 Å². The molecule has 206 valence electrons. The number of rotatable bonds is 12. The van der Waals surface area contributed by atoms with Gasteiger partial charge in [-0.2, -0.15) is 13.2 Å². The number of thioether (sulfide) groups is 2. The maximum absolute atomic E-state index is 13.0. The molecule has 0 aliphatic rings. The summed E-state index contributed by atoms with van der Waals surface area (Å²) >= 11 is 3.20. The zero-order valence-electron chi connectivity index (χ0n) is 21.3. The van der Waals surface area contributed by atoms with Crippen LogP contribution in [-0.4, -0.2) is 17.2 Å². The molecule has 0 spiro atoms. The predicted octanol–water partition coefficient (Wildman–Crippen LogP) is 8.83. The van der Waals surface area contributed by atoms with Gasteiger partial charge in [0, 0.05) is 21.8 Å². The summed E-state index contributed by atoms with van der Waals surface area (Å²) < 4.78 is 56.2. The predicted molar refractivity (Wildman–Crippen MR) is 146 cm³/mol. The fourth-order valence-corrected chi connectivity index (χ4v) is 5.67. The third kappa shape index (κ3) is 7.67. The summed E-state index contributed by atoms with van der Waals surface area (Å²) in [6.45, 7) is 3.62. The Balaban J connectivity index is 1.50. The van der Waals surface area contributed by atoms with Crippen molar-refractivity contribution < 1.29 is 36.6 Å². The van der Waals surface area contributed by atoms with Gasteiger partial charge in [-0.15, -0.1) is 23.5 Å². The highest BCUT2D eigenvalue weighted by molar-refractivity contribution is 7.98. The van der Waals surface area contributed by atoms with Crippen molar-refractivity contribution in [1.82, 2.24) is 0 Å². The van der Waals surface area contributed by atoms with Crippen molar-refractivity contribution in [3.8, 4) is 17.1 Å². The number of alkyl halides is 3. The molecule has 2 aromatic heterocycles. The zero-order valence-corrected chi connectivity index (χ0v) is 22.9. The first kappa shape index (κ1) is 28.8. The average Bonchev–Trinajstić information content (AvgIpc) is 3.56. The van der Waals surface area contributed by atoms with Gasteiger partial charge in [0.2, 0.25) is 0 Å². The Bertz CT molecular complexity index is 1380. The van der Waals surface area contributed by atoms with Gasteiger partial charge in [-0.3, -0.25) is 0 Å². The summed E-state index contributed by atoms with van der Waals surface area (Å²) in [5, 5.41) is 9.27. The van der Waals surface area contributed by atoms with E-state index < -0.39 is 23.8 Å². The summed E-state index contributed by atoms with van der Waals surface area (Å²) in [6.07, 6.45) is -3.33. The van der Waals surface area contributed by atoms with Crippen LogP contribution in [0.1, 0.15) is 41.6 Å². The molecule has 39 heavy (non-hydrogen) atoms. The van der Waals surface area contributed by atoms with Crippen molar-refractivity contribution in [2.24, 2.45) is 0 Å². The molecule has 1 N–H and O–H groups in total. The van der Waals surface area contributed by atoms with E-state index in [0.29, 0.717) is 40.8 Å². The molecule has 4 aromatic rings. The first-order chi connectivity index (χ1) is 18.6. The van der Waals surface area contributed by atoms with E-state index in [1.807, 2.05) is 37.3 Å². The minimum Gasteiger partial charge on any atom is -0.479 e. The highest BCUT2D eigenvalue weighted by atomic mass is 32.2. The lowest BCUT2D eigenvalue weighted by atomic mass is 10.1. The number of ether oxygens (including phenoxy) is 1. The minimum absolute atomic E-state index is 0.355. The van der Waals surface area contributed by atoms with Gasteiger partial charge in [0.05, 0.1) is 23.3 Å². The summed E-state index contributed by atoms with van der Waals surface area (Å²) in [6, 6.07) is 16.1. The second-order valence-corrected chi connectivity index (χ2v) is 10.8. The van der Waals surface area contributed by atoms with Crippen molar-refractivity contribution >= 4 is 29.5 Å². The van der Waals surface area contributed by atoms with Crippen LogP contribution in [0, 0.1) is 6.92 Å². The van der Waals surface area contributed by atoms with Crippen LogP contribution in [0.15, 0.2) is 80.7 Å². The first-order valence-electron chi connectivity index (χ1n) is 12.2. The highest BCUT2D eigenvalue weighted by Gasteiger charge is 2.30. The number of hydrogen-bond donors (Lipinski definition) is 1. The van der Waals surface area contributed by atoms with Gasteiger partial charge >= 0.3 is 12.1 Å². The Morgan fingerprint density at radius 1 is 1.05 bits per heavy atom. The fraction of sp³-hybridized carbons (Fsp3) is 0.276. The molecule has 0 fully saturated rings. The standard InChI is InChI=1S/C29H27F3O5S2/c1-3-24(28(33)34)36-25-11-10-23(13-18(25)2)39-15-20-14-26(19-6-8-21(9-7-19)29(30,31)32)37-27(20)17-38-16-22-5-4-12-35-22/h4-14,24H,3,15-17H2,1-2H3,(H,33,34). The third-order valence-corrected chi connectivity index (χ3v) is 7.90. The molecule has 5 nitrogen and oxygen atoms in total. The summed E-state index contributed by atoms with van der Waals surface area (Å²) in [4.78, 5) is 12.3. The topological polar surface area (TPSA) is 72.8 Å². The minimum atomic E-state index is -4.40. The van der Waals surface area contributed by atoms with Crippen LogP contribution in [0.2, 0.25) is 0 Å². The van der Waals surface area contributed by atoms with Crippen LogP contribution in [-0.2, 0) is 28.2 Å². The van der Waals surface area contributed by atoms with E-state index in [1.165, 1.54) is 12.1 Å². The monoisotopic (exact) mass is 576 g/mol. The molecule has 0 aliphatic carbocycles. The lowest BCUT2D eigenvalue weighted by Gasteiger charge is -2.15. The fourth-order valence-electron chi connectivity index (χ4n) is 3.78. The van der Waals surface area contributed by atoms with Crippen LogP contribution < -0.4 is 4.74 Å². The number of carboxylic acids is 1. The summed E-state index contributed by atoms with van der Waals surface area (Å²) in [7, 11) is 0. The number of aryl methyl sites for hydroxylation is 1. The number of carboxylic acid groups (broad SMARTS) is 1. The molecule has 1 atom stereocenters. The lowest BCUT2D eigenvalue weighted by Crippen LogP contribution is -2.26. The number of aliphatic carboxylic acids is 1. The molecule has 2 aromatic carbocycles. The first-order valence-corrected chi connectivity index (χ1v) is 14.3. The van der Waals surface area contributed by atoms with Crippen molar-refractivity contribution in [3.63, 3.8) is 0 Å². The Morgan fingerprint density at radius 3 is 2.44 bits per heavy atom. The van der Waals surface area contributed by atoms with Crippen molar-refractivity contribution in [1.29, 1.82) is 0 Å². The van der Waals surface area contributed by atoms with Crippen molar-refractivity contribution in [2.75, 3.05) is 0 Å². The van der Waals surface area contributed by atoms with Gasteiger partial charge < -0.3 is 18.7 Å². The number of furan rings is 2. The molecule has 0 amide bonds. The van der Waals surface area contributed by atoms with Gasteiger partial charge in [0.25, 0.3) is 0 Å². The average molecular weight is 577 g/mol. The summed E-state index contributed by atoms with van der Waals surface area (Å²) in [5.74, 6) is 3.42. The van der Waals surface area contributed by atoms with E-state index in [9.17, 15) is 23.1 Å². The van der Waals surface area contributed by atoms with Gasteiger partial charge in [-0.05, 0) is 67.4 Å². The van der Waals surface area contributed by atoms with E-state index >= 15 is 0 Å². The van der Waals surface area contributed by atoms with E-state index in [1.54, 1.807) is 42.8 Å². The molecule has 10 heteroatoms. The molecule has 0 bridgehead atoms. The number of benzene rings is 2. The Kier molecular flexibility index (Phi) is 9.40. The Labute approximate surface area is 232 Å². The molecular formula is C29H27F3O5S2. The molecule has 0 saturated heterocycles. The molecule has 4 rings (SSSR count). The second kappa shape index (κ2) is 12.7. The Morgan fingerprint density at radius 2 is 1.82 bits per heavy atom. The molecule has 2 heterocycles. The molecule has 0 radical (unpaired) electrons. The number of halogens is 3. The van der Waals surface area contributed by atoms with Crippen LogP contribution >= 0.6 is 23.5 Å². The molecule has 0 aliphatic heterocycles. The van der Waals surface area contributed by atoms with E-state index in [-0.39, 0.29) is 0 Å². The molecular weight excluding hydrogens is 549 g/mol. The second-order valence-electron chi connectivity index (χ2n) is 8.78. The normalized spacial score (nSPS) is 12.4. The SMILES string of the molecule is CCC(Oc1ccc(SCc2cc(-c3ccc(C(F)(F)F)cc3)oc2CSCc2ccco2)cc1C)C(=O)O. The molecule has 0 saturated carbocycles. The van der Waals surface area contributed by atoms with Crippen LogP contribution in [0.5, 0.6) is 5.75 Å². The van der Waals surface area contributed by atoms with Gasteiger partial charge in [0.1, 0.15) is 23.0 Å². The highest BCUT2D eigenvalue weighted by Crippen LogP contribution is 2.36.